The van der Waals surface area contributed by atoms with E-state index in [2.05, 4.69) is 16.2 Å². The maximum atomic E-state index is 11.3. The first-order chi connectivity index (χ1) is 9.66. The summed E-state index contributed by atoms with van der Waals surface area (Å²) in [7, 11) is -2.74. The average molecular weight is 303 g/mol. The van der Waals surface area contributed by atoms with Crippen molar-refractivity contribution in [2.75, 3.05) is 64.0 Å². The molecule has 0 atom stereocenters. The third kappa shape index (κ3) is 6.08. The number of ether oxygens (including phenoxy) is 1. The normalized spacial score (nSPS) is 24.8. The highest BCUT2D eigenvalue weighted by Gasteiger charge is 2.20. The molecule has 0 amide bonds. The van der Waals surface area contributed by atoms with Crippen molar-refractivity contribution in [1.82, 2.24) is 9.80 Å². The van der Waals surface area contributed by atoms with Gasteiger partial charge in [0.05, 0.1) is 24.7 Å². The Morgan fingerprint density at radius 2 is 1.65 bits per heavy atom. The lowest BCUT2D eigenvalue weighted by molar-refractivity contribution is 0.0372. The molecule has 2 heterocycles. The van der Waals surface area contributed by atoms with Gasteiger partial charge in [-0.15, -0.1) is 0 Å². The second-order valence-corrected chi connectivity index (χ2v) is 7.99. The van der Waals surface area contributed by atoms with Crippen LogP contribution in [0.25, 0.3) is 0 Å². The number of sulfone groups is 1. The summed E-state index contributed by atoms with van der Waals surface area (Å²) in [6.45, 7) is 7.43. The van der Waals surface area contributed by atoms with Crippen molar-refractivity contribution < 1.29 is 13.2 Å². The smallest absolute Gasteiger partial charge is 0.152 e. The van der Waals surface area contributed by atoms with Crippen molar-refractivity contribution in [2.24, 2.45) is 0 Å². The highest BCUT2D eigenvalue weighted by molar-refractivity contribution is 7.91. The molecule has 0 aromatic carbocycles. The molecule has 2 fully saturated rings. The molecule has 20 heavy (non-hydrogen) atoms. The Hall–Kier alpha value is -0.170. The third-order valence-corrected chi connectivity index (χ3v) is 5.67. The van der Waals surface area contributed by atoms with Crippen molar-refractivity contribution in [2.45, 2.75) is 19.3 Å². The van der Waals surface area contributed by atoms with Gasteiger partial charge in [0.2, 0.25) is 0 Å². The molecule has 0 aromatic heterocycles. The standard InChI is InChI=1S/C14H27N2O3S/c17-20(18)13-9-16(10-14-20)6-4-2-1-3-5-15-7-11-19-12-8-15/h4H,1-3,5-14H2. The molecule has 0 bridgehead atoms. The number of hydrogen-bond donors (Lipinski definition) is 0. The van der Waals surface area contributed by atoms with Crippen molar-refractivity contribution in [1.29, 1.82) is 0 Å². The van der Waals surface area contributed by atoms with Crippen LogP contribution in [0.3, 0.4) is 0 Å². The van der Waals surface area contributed by atoms with Crippen LogP contribution in [0.15, 0.2) is 0 Å². The minimum absolute atomic E-state index is 0.331. The summed E-state index contributed by atoms with van der Waals surface area (Å²) in [5.41, 5.74) is 0. The predicted octanol–water partition coefficient (Wildman–Crippen LogP) is 0.424. The van der Waals surface area contributed by atoms with Crippen molar-refractivity contribution in [3.63, 3.8) is 0 Å². The maximum absolute atomic E-state index is 11.3. The van der Waals surface area contributed by atoms with Crippen LogP contribution in [0.1, 0.15) is 19.3 Å². The van der Waals surface area contributed by atoms with E-state index in [1.807, 2.05) is 0 Å². The molecule has 0 aromatic rings. The molecule has 2 saturated heterocycles. The van der Waals surface area contributed by atoms with Gasteiger partial charge in [0, 0.05) is 32.7 Å². The van der Waals surface area contributed by atoms with E-state index in [1.54, 1.807) is 0 Å². The van der Waals surface area contributed by atoms with Crippen LogP contribution in [0, 0.1) is 6.42 Å². The van der Waals surface area contributed by atoms with Crippen LogP contribution >= 0.6 is 0 Å². The van der Waals surface area contributed by atoms with Gasteiger partial charge in [-0.25, -0.2) is 8.42 Å². The summed E-state index contributed by atoms with van der Waals surface area (Å²) in [5, 5.41) is 0. The third-order valence-electron chi connectivity index (χ3n) is 4.06. The van der Waals surface area contributed by atoms with Crippen LogP contribution < -0.4 is 0 Å². The van der Waals surface area contributed by atoms with Gasteiger partial charge < -0.3 is 9.64 Å². The van der Waals surface area contributed by atoms with Crippen LogP contribution in [0.2, 0.25) is 0 Å². The fraction of sp³-hybridized carbons (Fsp3) is 0.929. The van der Waals surface area contributed by atoms with E-state index in [0.717, 1.165) is 39.3 Å². The SMILES string of the molecule is O=S1(=O)CCN(C[CH]CCCCN2CCOCC2)CC1. The zero-order chi connectivity index (χ0) is 14.3. The molecular weight excluding hydrogens is 276 g/mol. The number of morpholine rings is 1. The van der Waals surface area contributed by atoms with E-state index in [0.29, 0.717) is 24.6 Å². The Bertz CT molecular complexity index is 353. The fourth-order valence-corrected chi connectivity index (χ4v) is 3.93. The monoisotopic (exact) mass is 303 g/mol. The predicted molar refractivity (Wildman–Crippen MR) is 80.5 cm³/mol. The molecule has 2 aliphatic heterocycles. The van der Waals surface area contributed by atoms with Gasteiger partial charge in [-0.05, 0) is 25.8 Å². The largest absolute Gasteiger partial charge is 0.379 e. The molecule has 0 saturated carbocycles. The first kappa shape index (κ1) is 16.2. The lowest BCUT2D eigenvalue weighted by Gasteiger charge is -2.27. The zero-order valence-corrected chi connectivity index (χ0v) is 13.1. The molecule has 0 spiro atoms. The minimum atomic E-state index is -2.74. The van der Waals surface area contributed by atoms with Crippen molar-refractivity contribution in [3.8, 4) is 0 Å². The molecule has 2 rings (SSSR count). The number of hydrogen-bond acceptors (Lipinski definition) is 5. The van der Waals surface area contributed by atoms with Gasteiger partial charge in [0.1, 0.15) is 0 Å². The quantitative estimate of drug-likeness (QED) is 0.638. The minimum Gasteiger partial charge on any atom is -0.379 e. The van der Waals surface area contributed by atoms with Gasteiger partial charge in [-0.1, -0.05) is 6.42 Å². The molecule has 0 N–H and O–H groups in total. The van der Waals surface area contributed by atoms with Crippen molar-refractivity contribution >= 4 is 9.84 Å². The average Bonchev–Trinajstić information content (AvgIpc) is 2.45. The summed E-state index contributed by atoms with van der Waals surface area (Å²) in [6.07, 6.45) is 5.90. The molecular formula is C14H27N2O3S. The van der Waals surface area contributed by atoms with Gasteiger partial charge in [0.15, 0.2) is 9.84 Å². The Balaban J connectivity index is 1.44. The molecule has 0 aliphatic carbocycles. The Labute approximate surface area is 123 Å². The first-order valence-electron chi connectivity index (χ1n) is 7.70. The van der Waals surface area contributed by atoms with Crippen LogP contribution in [-0.4, -0.2) is 82.2 Å². The van der Waals surface area contributed by atoms with E-state index < -0.39 is 9.84 Å². The van der Waals surface area contributed by atoms with Crippen molar-refractivity contribution in [3.05, 3.63) is 6.42 Å². The highest BCUT2D eigenvalue weighted by Crippen LogP contribution is 2.07. The van der Waals surface area contributed by atoms with Crippen LogP contribution in [0.5, 0.6) is 0 Å². The summed E-state index contributed by atoms with van der Waals surface area (Å²) in [6, 6.07) is 0. The number of rotatable bonds is 7. The first-order valence-corrected chi connectivity index (χ1v) is 9.52. The molecule has 0 unspecified atom stereocenters. The van der Waals surface area contributed by atoms with E-state index in [1.165, 1.54) is 19.4 Å². The van der Waals surface area contributed by atoms with E-state index in [4.69, 9.17) is 4.74 Å². The number of unbranched alkanes of at least 4 members (excludes halogenated alkanes) is 3. The van der Waals surface area contributed by atoms with Crippen LogP contribution in [-0.2, 0) is 14.6 Å². The second-order valence-electron chi connectivity index (χ2n) is 5.69. The van der Waals surface area contributed by atoms with Gasteiger partial charge in [-0.3, -0.25) is 4.90 Å². The summed E-state index contributed by atoms with van der Waals surface area (Å²) in [4.78, 5) is 4.71. The topological polar surface area (TPSA) is 49.9 Å². The second kappa shape index (κ2) is 8.32. The molecule has 2 aliphatic rings. The van der Waals surface area contributed by atoms with Crippen LogP contribution in [0.4, 0.5) is 0 Å². The highest BCUT2D eigenvalue weighted by atomic mass is 32.2. The summed E-state index contributed by atoms with van der Waals surface area (Å²) >= 11 is 0. The van der Waals surface area contributed by atoms with Gasteiger partial charge in [-0.2, -0.15) is 0 Å². The van der Waals surface area contributed by atoms with E-state index in [9.17, 15) is 8.42 Å². The molecule has 1 radical (unpaired) electrons. The molecule has 6 heteroatoms. The Kier molecular flexibility index (Phi) is 6.74. The Morgan fingerprint density at radius 3 is 2.35 bits per heavy atom. The number of nitrogens with zero attached hydrogens (tertiary/aromatic N) is 2. The zero-order valence-electron chi connectivity index (χ0n) is 12.3. The lowest BCUT2D eigenvalue weighted by atomic mass is 10.1. The molecule has 117 valence electrons. The fourth-order valence-electron chi connectivity index (χ4n) is 2.66. The summed E-state index contributed by atoms with van der Waals surface area (Å²) in [5.74, 6) is 0.662. The van der Waals surface area contributed by atoms with E-state index >= 15 is 0 Å². The van der Waals surface area contributed by atoms with E-state index in [-0.39, 0.29) is 0 Å². The van der Waals surface area contributed by atoms with Gasteiger partial charge in [0.25, 0.3) is 0 Å². The maximum Gasteiger partial charge on any atom is 0.152 e. The molecule has 5 nitrogen and oxygen atoms in total. The lowest BCUT2D eigenvalue weighted by Crippen LogP contribution is -2.40. The summed E-state index contributed by atoms with van der Waals surface area (Å²) < 4.78 is 28.0. The Morgan fingerprint density at radius 1 is 0.950 bits per heavy atom. The van der Waals surface area contributed by atoms with Gasteiger partial charge >= 0.3 is 0 Å².